The van der Waals surface area contributed by atoms with Gasteiger partial charge >= 0.3 is 0 Å². The van der Waals surface area contributed by atoms with Gasteiger partial charge in [0.1, 0.15) is 0 Å². The topological polar surface area (TPSA) is 29.9 Å². The van der Waals surface area contributed by atoms with Crippen LogP contribution in [0.4, 0.5) is 5.69 Å². The number of hydrogen-bond donors (Lipinski definition) is 0. The SMILES string of the molecule is c1ccc2c(c1)ccn2CCCCN1CCN(c2ccc3c(c2)OCCCO3)CC1. The van der Waals surface area contributed by atoms with Gasteiger partial charge in [-0.3, -0.25) is 4.90 Å². The second-order valence-electron chi connectivity index (χ2n) is 8.29. The summed E-state index contributed by atoms with van der Waals surface area (Å²) in [6.45, 7) is 8.17. The highest BCUT2D eigenvalue weighted by atomic mass is 16.5. The van der Waals surface area contributed by atoms with Gasteiger partial charge in [-0.25, -0.2) is 0 Å². The van der Waals surface area contributed by atoms with Gasteiger partial charge in [0.2, 0.25) is 0 Å². The molecule has 3 aromatic rings. The number of para-hydroxylation sites is 1. The number of hydrogen-bond acceptors (Lipinski definition) is 4. The van der Waals surface area contributed by atoms with Crippen molar-refractivity contribution in [1.82, 2.24) is 9.47 Å². The second kappa shape index (κ2) is 9.00. The third-order valence-electron chi connectivity index (χ3n) is 6.27. The van der Waals surface area contributed by atoms with E-state index in [9.17, 15) is 0 Å². The van der Waals surface area contributed by atoms with Crippen molar-refractivity contribution in [2.75, 3.05) is 50.8 Å². The molecule has 5 nitrogen and oxygen atoms in total. The molecule has 0 radical (unpaired) electrons. The number of benzene rings is 2. The van der Waals surface area contributed by atoms with Crippen LogP contribution in [0.2, 0.25) is 0 Å². The summed E-state index contributed by atoms with van der Waals surface area (Å²) < 4.78 is 14.0. The average molecular weight is 406 g/mol. The molecule has 0 N–H and O–H groups in total. The van der Waals surface area contributed by atoms with E-state index in [1.165, 1.54) is 36.0 Å². The van der Waals surface area contributed by atoms with Gasteiger partial charge in [0, 0.05) is 62.6 Å². The van der Waals surface area contributed by atoms with Gasteiger partial charge in [-0.1, -0.05) is 18.2 Å². The van der Waals surface area contributed by atoms with Crippen LogP contribution in [0.5, 0.6) is 11.5 Å². The van der Waals surface area contributed by atoms with E-state index in [2.05, 4.69) is 69.1 Å². The molecular weight excluding hydrogens is 374 g/mol. The molecule has 0 amide bonds. The van der Waals surface area contributed by atoms with Crippen LogP contribution in [0.25, 0.3) is 10.9 Å². The Hall–Kier alpha value is -2.66. The lowest BCUT2D eigenvalue weighted by Gasteiger charge is -2.36. The van der Waals surface area contributed by atoms with E-state index < -0.39 is 0 Å². The third-order valence-corrected chi connectivity index (χ3v) is 6.27. The van der Waals surface area contributed by atoms with Crippen molar-refractivity contribution in [2.24, 2.45) is 0 Å². The molecule has 2 aliphatic rings. The Kier molecular flexibility index (Phi) is 5.80. The molecule has 0 unspecified atom stereocenters. The summed E-state index contributed by atoms with van der Waals surface area (Å²) >= 11 is 0. The van der Waals surface area contributed by atoms with Crippen molar-refractivity contribution < 1.29 is 9.47 Å². The Labute approximate surface area is 178 Å². The molecule has 158 valence electrons. The number of unbranched alkanes of at least 4 members (excludes halogenated alkanes) is 1. The first-order chi connectivity index (χ1) is 14.9. The lowest BCUT2D eigenvalue weighted by Crippen LogP contribution is -2.46. The Morgan fingerprint density at radius 1 is 0.767 bits per heavy atom. The first-order valence-electron chi connectivity index (χ1n) is 11.3. The van der Waals surface area contributed by atoms with E-state index >= 15 is 0 Å². The van der Waals surface area contributed by atoms with Gasteiger partial charge in [0.05, 0.1) is 13.2 Å². The number of piperazine rings is 1. The molecule has 3 heterocycles. The molecule has 0 saturated carbocycles. The van der Waals surface area contributed by atoms with E-state index in [0.717, 1.165) is 63.9 Å². The minimum atomic E-state index is 0.739. The number of aromatic nitrogens is 1. The largest absolute Gasteiger partial charge is 0.490 e. The van der Waals surface area contributed by atoms with Crippen LogP contribution in [0.3, 0.4) is 0 Å². The first-order valence-corrected chi connectivity index (χ1v) is 11.3. The van der Waals surface area contributed by atoms with Gasteiger partial charge < -0.3 is 18.9 Å². The minimum absolute atomic E-state index is 0.739. The van der Waals surface area contributed by atoms with Crippen molar-refractivity contribution in [3.05, 3.63) is 54.7 Å². The van der Waals surface area contributed by atoms with Gasteiger partial charge in [-0.05, 0) is 49.0 Å². The zero-order valence-electron chi connectivity index (χ0n) is 17.6. The molecule has 1 aromatic heterocycles. The van der Waals surface area contributed by atoms with Crippen molar-refractivity contribution >= 4 is 16.6 Å². The highest BCUT2D eigenvalue weighted by molar-refractivity contribution is 5.79. The zero-order chi connectivity index (χ0) is 20.2. The Morgan fingerprint density at radius 3 is 2.47 bits per heavy atom. The van der Waals surface area contributed by atoms with E-state index in [1.54, 1.807) is 0 Å². The highest BCUT2D eigenvalue weighted by Crippen LogP contribution is 2.34. The highest BCUT2D eigenvalue weighted by Gasteiger charge is 2.19. The van der Waals surface area contributed by atoms with Crippen LogP contribution in [0.15, 0.2) is 54.7 Å². The van der Waals surface area contributed by atoms with E-state index in [-0.39, 0.29) is 0 Å². The average Bonchev–Trinajstić information content (AvgIpc) is 3.05. The fourth-order valence-electron chi connectivity index (χ4n) is 4.53. The number of aryl methyl sites for hydroxylation is 1. The summed E-state index contributed by atoms with van der Waals surface area (Å²) in [5.41, 5.74) is 2.60. The molecule has 1 fully saturated rings. The summed E-state index contributed by atoms with van der Waals surface area (Å²) in [4.78, 5) is 5.07. The number of fused-ring (bicyclic) bond motifs is 2. The van der Waals surface area contributed by atoms with Gasteiger partial charge in [0.15, 0.2) is 11.5 Å². The number of anilines is 1. The molecule has 2 aromatic carbocycles. The van der Waals surface area contributed by atoms with Gasteiger partial charge in [-0.2, -0.15) is 0 Å². The van der Waals surface area contributed by atoms with Crippen LogP contribution in [-0.2, 0) is 6.54 Å². The lowest BCUT2D eigenvalue weighted by molar-refractivity contribution is 0.251. The van der Waals surface area contributed by atoms with E-state index in [1.807, 2.05) is 0 Å². The van der Waals surface area contributed by atoms with Crippen LogP contribution in [0, 0.1) is 0 Å². The van der Waals surface area contributed by atoms with Crippen molar-refractivity contribution in [1.29, 1.82) is 0 Å². The summed E-state index contributed by atoms with van der Waals surface area (Å²) in [6, 6.07) is 17.2. The molecule has 5 rings (SSSR count). The Morgan fingerprint density at radius 2 is 1.57 bits per heavy atom. The normalized spacial score (nSPS) is 17.3. The van der Waals surface area contributed by atoms with Crippen LogP contribution in [-0.4, -0.2) is 55.4 Å². The quantitative estimate of drug-likeness (QED) is 0.569. The number of ether oxygens (including phenoxy) is 2. The molecular formula is C25H31N3O2. The van der Waals surface area contributed by atoms with Crippen molar-refractivity contribution in [2.45, 2.75) is 25.8 Å². The molecule has 5 heteroatoms. The van der Waals surface area contributed by atoms with E-state index in [0.29, 0.717) is 0 Å². The Bertz CT molecular complexity index is 975. The summed E-state index contributed by atoms with van der Waals surface area (Å²) in [6.07, 6.45) is 5.64. The van der Waals surface area contributed by atoms with E-state index in [4.69, 9.17) is 9.47 Å². The summed E-state index contributed by atoms with van der Waals surface area (Å²) in [5.74, 6) is 1.77. The first kappa shape index (κ1) is 19.3. The molecule has 1 saturated heterocycles. The molecule has 30 heavy (non-hydrogen) atoms. The monoisotopic (exact) mass is 405 g/mol. The summed E-state index contributed by atoms with van der Waals surface area (Å²) in [7, 11) is 0. The fourth-order valence-corrected chi connectivity index (χ4v) is 4.53. The predicted octanol–water partition coefficient (Wildman–Crippen LogP) is 4.41. The molecule has 0 aliphatic carbocycles. The molecule has 0 spiro atoms. The zero-order valence-corrected chi connectivity index (χ0v) is 17.6. The predicted molar refractivity (Wildman–Crippen MR) is 122 cm³/mol. The van der Waals surface area contributed by atoms with Crippen LogP contribution < -0.4 is 14.4 Å². The molecule has 0 bridgehead atoms. The maximum atomic E-state index is 5.86. The number of nitrogens with zero attached hydrogens (tertiary/aromatic N) is 3. The standard InChI is InChI=1S/C25H31N3O2/c1-2-7-23-21(6-1)10-13-28(23)12-4-3-11-26-14-16-27(17-15-26)22-8-9-24-25(20-22)30-19-5-18-29-24/h1-2,6-10,13,20H,3-5,11-12,14-19H2. The second-order valence-corrected chi connectivity index (χ2v) is 8.29. The fraction of sp³-hybridized carbons (Fsp3) is 0.440. The van der Waals surface area contributed by atoms with Gasteiger partial charge in [-0.15, -0.1) is 0 Å². The maximum absolute atomic E-state index is 5.86. The van der Waals surface area contributed by atoms with Crippen molar-refractivity contribution in [3.8, 4) is 11.5 Å². The smallest absolute Gasteiger partial charge is 0.163 e. The molecule has 0 atom stereocenters. The third kappa shape index (κ3) is 4.26. The Balaban J connectivity index is 1.08. The van der Waals surface area contributed by atoms with Crippen LogP contribution in [0.1, 0.15) is 19.3 Å². The van der Waals surface area contributed by atoms with Crippen molar-refractivity contribution in [3.63, 3.8) is 0 Å². The minimum Gasteiger partial charge on any atom is -0.490 e. The van der Waals surface area contributed by atoms with Crippen LogP contribution >= 0.6 is 0 Å². The summed E-state index contributed by atoms with van der Waals surface area (Å²) in [5, 5.41) is 1.34. The maximum Gasteiger partial charge on any atom is 0.163 e. The molecule has 2 aliphatic heterocycles. The number of rotatable bonds is 6. The van der Waals surface area contributed by atoms with Gasteiger partial charge in [0.25, 0.3) is 0 Å². The lowest BCUT2D eigenvalue weighted by atomic mass is 10.2.